The third kappa shape index (κ3) is 4.12. The Hall–Kier alpha value is -3.00. The molecule has 8 heteroatoms. The van der Waals surface area contributed by atoms with Gasteiger partial charge in [-0.15, -0.1) is 0 Å². The Balaban J connectivity index is 1.62. The Morgan fingerprint density at radius 3 is 2.58 bits per heavy atom. The molecule has 160 valence electrons. The smallest absolute Gasteiger partial charge is 0.259 e. The van der Waals surface area contributed by atoms with Gasteiger partial charge in [0.2, 0.25) is 5.91 Å². The fourth-order valence-electron chi connectivity index (χ4n) is 3.49. The number of nitrogens with zero attached hydrogens (tertiary/aromatic N) is 3. The van der Waals surface area contributed by atoms with Crippen LogP contribution in [0.1, 0.15) is 32.8 Å². The van der Waals surface area contributed by atoms with Gasteiger partial charge in [-0.2, -0.15) is 0 Å². The van der Waals surface area contributed by atoms with E-state index in [4.69, 9.17) is 9.98 Å². The Labute approximate surface area is 184 Å². The van der Waals surface area contributed by atoms with Gasteiger partial charge in [-0.25, -0.2) is 14.3 Å². The molecule has 2 aromatic rings. The van der Waals surface area contributed by atoms with Crippen LogP contribution in [0.4, 0.5) is 15.8 Å². The van der Waals surface area contributed by atoms with Crippen molar-refractivity contribution in [2.24, 2.45) is 15.9 Å². The van der Waals surface area contributed by atoms with Gasteiger partial charge in [0.1, 0.15) is 17.7 Å². The summed E-state index contributed by atoms with van der Waals surface area (Å²) in [5, 5.41) is 2.78. The fourth-order valence-corrected chi connectivity index (χ4v) is 4.51. The van der Waals surface area contributed by atoms with E-state index in [1.54, 1.807) is 4.90 Å². The largest absolute Gasteiger partial charge is 0.325 e. The lowest BCUT2D eigenvalue weighted by Gasteiger charge is -2.27. The molecule has 0 spiro atoms. The number of anilines is 1. The highest BCUT2D eigenvalue weighted by Crippen LogP contribution is 2.36. The predicted octanol–water partition coefficient (Wildman–Crippen LogP) is 4.59. The maximum atomic E-state index is 13.1. The zero-order chi connectivity index (χ0) is 22.1. The standard InChI is InChI=1S/C23H23FN4O2S/c1-4-18(21(29)25-15-11-9-14(24)10-12-15)31-23-26-17-8-6-5-7-16(17)20-27-19(13(2)3)22(30)28(20)23/h5-13,18-19H,4H2,1-3H3,(H,25,29). The quantitative estimate of drug-likeness (QED) is 0.742. The molecule has 0 saturated carbocycles. The molecule has 0 bridgehead atoms. The van der Waals surface area contributed by atoms with Gasteiger partial charge in [0.05, 0.1) is 10.9 Å². The molecule has 2 aromatic carbocycles. The summed E-state index contributed by atoms with van der Waals surface area (Å²) in [7, 11) is 0. The average Bonchev–Trinajstić information content (AvgIpc) is 3.11. The van der Waals surface area contributed by atoms with Gasteiger partial charge in [-0.1, -0.05) is 44.7 Å². The second-order valence-electron chi connectivity index (χ2n) is 7.74. The van der Waals surface area contributed by atoms with Crippen molar-refractivity contribution in [3.63, 3.8) is 0 Å². The van der Waals surface area contributed by atoms with Gasteiger partial charge >= 0.3 is 0 Å². The van der Waals surface area contributed by atoms with Crippen molar-refractivity contribution in [2.75, 3.05) is 5.32 Å². The summed E-state index contributed by atoms with van der Waals surface area (Å²) < 4.78 is 13.1. The molecular weight excluding hydrogens is 415 g/mol. The lowest BCUT2D eigenvalue weighted by Crippen LogP contribution is -2.43. The maximum absolute atomic E-state index is 13.1. The van der Waals surface area contributed by atoms with E-state index in [1.165, 1.54) is 36.0 Å². The van der Waals surface area contributed by atoms with Gasteiger partial charge in [0.15, 0.2) is 5.17 Å². The second-order valence-corrected chi connectivity index (χ2v) is 8.91. The number of halogens is 1. The Morgan fingerprint density at radius 2 is 1.90 bits per heavy atom. The molecule has 0 fully saturated rings. The Kier molecular flexibility index (Phi) is 5.91. The fraction of sp³-hybridized carbons (Fsp3) is 0.304. The van der Waals surface area contributed by atoms with Gasteiger partial charge < -0.3 is 5.32 Å². The van der Waals surface area contributed by atoms with Crippen molar-refractivity contribution in [1.82, 2.24) is 4.90 Å². The van der Waals surface area contributed by atoms with Crippen LogP contribution in [0.5, 0.6) is 0 Å². The van der Waals surface area contributed by atoms with E-state index in [1.807, 2.05) is 45.0 Å². The van der Waals surface area contributed by atoms with E-state index in [0.717, 1.165) is 11.3 Å². The minimum atomic E-state index is -0.485. The third-order valence-corrected chi connectivity index (χ3v) is 6.47. The summed E-state index contributed by atoms with van der Waals surface area (Å²) >= 11 is 1.24. The summed E-state index contributed by atoms with van der Waals surface area (Å²) in [4.78, 5) is 37.0. The number of amides is 2. The highest BCUT2D eigenvalue weighted by molar-refractivity contribution is 8.15. The first kappa shape index (κ1) is 21.2. The molecule has 6 nitrogen and oxygen atoms in total. The van der Waals surface area contributed by atoms with Gasteiger partial charge in [0.25, 0.3) is 5.91 Å². The number of carbonyl (C=O) groups is 2. The molecule has 0 saturated heterocycles. The highest BCUT2D eigenvalue weighted by Gasteiger charge is 2.43. The zero-order valence-corrected chi connectivity index (χ0v) is 18.3. The molecule has 2 aliphatic rings. The van der Waals surface area contributed by atoms with Crippen LogP contribution in [0.25, 0.3) is 0 Å². The van der Waals surface area contributed by atoms with Crippen LogP contribution < -0.4 is 5.32 Å². The number of rotatable bonds is 5. The van der Waals surface area contributed by atoms with Crippen LogP contribution in [0.2, 0.25) is 0 Å². The van der Waals surface area contributed by atoms with E-state index in [9.17, 15) is 14.0 Å². The molecule has 2 unspecified atom stereocenters. The topological polar surface area (TPSA) is 74.1 Å². The van der Waals surface area contributed by atoms with Crippen molar-refractivity contribution in [3.05, 3.63) is 59.9 Å². The zero-order valence-electron chi connectivity index (χ0n) is 17.5. The highest BCUT2D eigenvalue weighted by atomic mass is 32.2. The number of aliphatic imine (C=N–C) groups is 2. The van der Waals surface area contributed by atoms with Crippen LogP contribution >= 0.6 is 11.8 Å². The summed E-state index contributed by atoms with van der Waals surface area (Å²) in [6.07, 6.45) is 0.528. The van der Waals surface area contributed by atoms with Crippen LogP contribution in [-0.2, 0) is 9.59 Å². The SMILES string of the molecule is CCC(SC1=Nc2ccccc2C2=NC(C(C)C)C(=O)N12)C(=O)Nc1ccc(F)cc1. The molecule has 2 aliphatic heterocycles. The third-order valence-electron chi connectivity index (χ3n) is 5.15. The molecular formula is C23H23FN4O2S. The average molecular weight is 439 g/mol. The van der Waals surface area contributed by atoms with Gasteiger partial charge in [0, 0.05) is 11.3 Å². The molecule has 0 aliphatic carbocycles. The second kappa shape index (κ2) is 8.63. The lowest BCUT2D eigenvalue weighted by molar-refractivity contribution is -0.125. The van der Waals surface area contributed by atoms with Crippen LogP contribution in [-0.4, -0.2) is 39.0 Å². The molecule has 0 radical (unpaired) electrons. The predicted molar refractivity (Wildman–Crippen MR) is 122 cm³/mol. The van der Waals surface area contributed by atoms with E-state index >= 15 is 0 Å². The first-order chi connectivity index (χ1) is 14.9. The molecule has 0 aromatic heterocycles. The van der Waals surface area contributed by atoms with Crippen molar-refractivity contribution < 1.29 is 14.0 Å². The van der Waals surface area contributed by atoms with Gasteiger partial charge in [-0.3, -0.25) is 14.6 Å². The molecule has 4 rings (SSSR count). The number of fused-ring (bicyclic) bond motifs is 3. The van der Waals surface area contributed by atoms with Crippen molar-refractivity contribution in [2.45, 2.75) is 38.5 Å². The minimum Gasteiger partial charge on any atom is -0.325 e. The summed E-state index contributed by atoms with van der Waals surface area (Å²) in [5.74, 6) is -0.0853. The number of amidine groups is 2. The minimum absolute atomic E-state index is 0.0489. The number of hydrogen-bond acceptors (Lipinski definition) is 5. The lowest BCUT2D eigenvalue weighted by atomic mass is 10.1. The number of thioether (sulfide) groups is 1. The normalized spacial score (nSPS) is 18.3. The van der Waals surface area contributed by atoms with Crippen molar-refractivity contribution in [3.8, 4) is 0 Å². The Bertz CT molecular complexity index is 1080. The number of hydrogen-bond donors (Lipinski definition) is 1. The van der Waals surface area contributed by atoms with Gasteiger partial charge in [-0.05, 0) is 48.7 Å². The number of nitrogens with one attached hydrogen (secondary N) is 1. The Morgan fingerprint density at radius 1 is 1.19 bits per heavy atom. The van der Waals surface area contributed by atoms with E-state index in [-0.39, 0.29) is 23.5 Å². The van der Waals surface area contributed by atoms with Crippen molar-refractivity contribution >= 4 is 46.0 Å². The molecule has 1 N–H and O–H groups in total. The first-order valence-corrected chi connectivity index (χ1v) is 11.1. The number of carbonyl (C=O) groups excluding carboxylic acids is 2. The van der Waals surface area contributed by atoms with E-state index in [2.05, 4.69) is 5.32 Å². The number of para-hydroxylation sites is 1. The first-order valence-electron chi connectivity index (χ1n) is 10.2. The summed E-state index contributed by atoms with van der Waals surface area (Å²) in [6.45, 7) is 5.83. The van der Waals surface area contributed by atoms with E-state index < -0.39 is 11.3 Å². The molecule has 31 heavy (non-hydrogen) atoms. The van der Waals surface area contributed by atoms with Crippen LogP contribution in [0.15, 0.2) is 58.5 Å². The molecule has 2 amide bonds. The van der Waals surface area contributed by atoms with E-state index in [0.29, 0.717) is 23.1 Å². The number of benzene rings is 2. The maximum Gasteiger partial charge on any atom is 0.259 e. The van der Waals surface area contributed by atoms with Crippen LogP contribution in [0.3, 0.4) is 0 Å². The monoisotopic (exact) mass is 438 g/mol. The van der Waals surface area contributed by atoms with Crippen molar-refractivity contribution in [1.29, 1.82) is 0 Å². The molecule has 2 atom stereocenters. The summed E-state index contributed by atoms with van der Waals surface area (Å²) in [5.41, 5.74) is 2.05. The molecule has 2 heterocycles. The summed E-state index contributed by atoms with van der Waals surface area (Å²) in [6, 6.07) is 12.7. The van der Waals surface area contributed by atoms with Crippen LogP contribution in [0, 0.1) is 11.7 Å².